The first-order valence-corrected chi connectivity index (χ1v) is 5.65. The Morgan fingerprint density at radius 3 is 3.06 bits per heavy atom. The number of H-pyrrole nitrogens is 1. The van der Waals surface area contributed by atoms with Gasteiger partial charge in [-0.25, -0.2) is 5.10 Å². The number of rotatable bonds is 4. The SMILES string of the molecule is CCn1cc(Cl)cc1C(=O)Nc1nc(OC)n[nH]1. The molecule has 0 aliphatic carbocycles. The molecule has 96 valence electrons. The molecule has 0 unspecified atom stereocenters. The lowest BCUT2D eigenvalue weighted by Crippen LogP contribution is -2.17. The van der Waals surface area contributed by atoms with Crippen molar-refractivity contribution in [2.45, 2.75) is 13.5 Å². The van der Waals surface area contributed by atoms with Crippen molar-refractivity contribution in [3.8, 4) is 6.01 Å². The van der Waals surface area contributed by atoms with E-state index in [2.05, 4.69) is 20.5 Å². The Morgan fingerprint density at radius 1 is 1.67 bits per heavy atom. The maximum Gasteiger partial charge on any atom is 0.336 e. The van der Waals surface area contributed by atoms with E-state index in [1.54, 1.807) is 16.8 Å². The predicted octanol–water partition coefficient (Wildman–Crippen LogP) is 1.54. The minimum absolute atomic E-state index is 0.161. The molecular formula is C10H12ClN5O2. The highest BCUT2D eigenvalue weighted by Crippen LogP contribution is 2.15. The van der Waals surface area contributed by atoms with Gasteiger partial charge in [0.05, 0.1) is 12.1 Å². The third-order valence-corrected chi connectivity index (χ3v) is 2.52. The Labute approximate surface area is 108 Å². The lowest BCUT2D eigenvalue weighted by Gasteiger charge is -2.04. The summed E-state index contributed by atoms with van der Waals surface area (Å²) in [4.78, 5) is 15.9. The summed E-state index contributed by atoms with van der Waals surface area (Å²) in [6, 6.07) is 1.75. The van der Waals surface area contributed by atoms with E-state index in [1.165, 1.54) is 7.11 Å². The zero-order valence-electron chi connectivity index (χ0n) is 9.90. The zero-order valence-corrected chi connectivity index (χ0v) is 10.7. The summed E-state index contributed by atoms with van der Waals surface area (Å²) in [5, 5.41) is 9.35. The third-order valence-electron chi connectivity index (χ3n) is 2.32. The maximum atomic E-state index is 12.0. The van der Waals surface area contributed by atoms with Gasteiger partial charge in [-0.05, 0) is 13.0 Å². The summed E-state index contributed by atoms with van der Waals surface area (Å²) < 4.78 is 6.54. The van der Waals surface area contributed by atoms with Crippen LogP contribution in [-0.2, 0) is 6.54 Å². The largest absolute Gasteiger partial charge is 0.466 e. The molecule has 2 aromatic rings. The van der Waals surface area contributed by atoms with Crippen LogP contribution in [0.25, 0.3) is 0 Å². The number of hydrogen-bond acceptors (Lipinski definition) is 4. The number of methoxy groups -OCH3 is 1. The Kier molecular flexibility index (Phi) is 3.52. The molecule has 0 aliphatic heterocycles. The second-order valence-corrected chi connectivity index (χ2v) is 3.89. The molecule has 0 spiro atoms. The van der Waals surface area contributed by atoms with Gasteiger partial charge in [-0.1, -0.05) is 11.6 Å². The Hall–Kier alpha value is -2.02. The van der Waals surface area contributed by atoms with Gasteiger partial charge in [0, 0.05) is 12.7 Å². The van der Waals surface area contributed by atoms with Crippen LogP contribution in [0, 0.1) is 0 Å². The van der Waals surface area contributed by atoms with Crippen LogP contribution in [0.15, 0.2) is 12.3 Å². The summed E-state index contributed by atoms with van der Waals surface area (Å²) in [5.74, 6) is -0.0978. The van der Waals surface area contributed by atoms with Gasteiger partial charge >= 0.3 is 6.01 Å². The number of carbonyl (C=O) groups is 1. The van der Waals surface area contributed by atoms with Gasteiger partial charge in [0.25, 0.3) is 5.91 Å². The lowest BCUT2D eigenvalue weighted by atomic mass is 10.4. The first-order chi connectivity index (χ1) is 8.63. The fraction of sp³-hybridized carbons (Fsp3) is 0.300. The van der Waals surface area contributed by atoms with Crippen LogP contribution in [-0.4, -0.2) is 32.8 Å². The number of carbonyl (C=O) groups excluding carboxylic acids is 1. The average Bonchev–Trinajstić information content (AvgIpc) is 2.95. The van der Waals surface area contributed by atoms with E-state index in [-0.39, 0.29) is 17.9 Å². The van der Waals surface area contributed by atoms with Crippen molar-refractivity contribution in [3.63, 3.8) is 0 Å². The Morgan fingerprint density at radius 2 is 2.44 bits per heavy atom. The lowest BCUT2D eigenvalue weighted by molar-refractivity contribution is 0.101. The number of aryl methyl sites for hydroxylation is 1. The first kappa shape index (κ1) is 12.4. The molecule has 2 N–H and O–H groups in total. The highest BCUT2D eigenvalue weighted by molar-refractivity contribution is 6.31. The minimum atomic E-state index is -0.317. The van der Waals surface area contributed by atoms with E-state index in [0.29, 0.717) is 17.3 Å². The van der Waals surface area contributed by atoms with Crippen LogP contribution in [0.4, 0.5) is 5.95 Å². The molecule has 0 atom stereocenters. The molecule has 8 heteroatoms. The van der Waals surface area contributed by atoms with Crippen molar-refractivity contribution in [1.82, 2.24) is 19.7 Å². The molecule has 0 aromatic carbocycles. The van der Waals surface area contributed by atoms with Gasteiger partial charge in [-0.3, -0.25) is 10.1 Å². The summed E-state index contributed by atoms with van der Waals surface area (Å²) in [5.41, 5.74) is 0.456. The monoisotopic (exact) mass is 269 g/mol. The van der Waals surface area contributed by atoms with E-state index in [9.17, 15) is 4.79 Å². The molecule has 2 heterocycles. The van der Waals surface area contributed by atoms with Gasteiger partial charge in [0.2, 0.25) is 5.95 Å². The molecule has 0 fully saturated rings. The van der Waals surface area contributed by atoms with Crippen LogP contribution in [0.3, 0.4) is 0 Å². The van der Waals surface area contributed by atoms with E-state index < -0.39 is 0 Å². The molecule has 1 amide bonds. The van der Waals surface area contributed by atoms with Gasteiger partial charge in [-0.15, -0.1) is 5.10 Å². The third kappa shape index (κ3) is 2.45. The van der Waals surface area contributed by atoms with Crippen molar-refractivity contribution in [1.29, 1.82) is 0 Å². The van der Waals surface area contributed by atoms with Crippen molar-refractivity contribution >= 4 is 23.5 Å². The second-order valence-electron chi connectivity index (χ2n) is 3.45. The molecular weight excluding hydrogens is 258 g/mol. The molecule has 0 aliphatic rings. The van der Waals surface area contributed by atoms with Crippen LogP contribution >= 0.6 is 11.6 Å². The zero-order chi connectivity index (χ0) is 13.1. The van der Waals surface area contributed by atoms with Crippen molar-refractivity contribution < 1.29 is 9.53 Å². The summed E-state index contributed by atoms with van der Waals surface area (Å²) in [7, 11) is 1.44. The van der Waals surface area contributed by atoms with Crippen LogP contribution in [0.1, 0.15) is 17.4 Å². The van der Waals surface area contributed by atoms with Crippen LogP contribution in [0.2, 0.25) is 5.02 Å². The fourth-order valence-electron chi connectivity index (χ4n) is 1.49. The summed E-state index contributed by atoms with van der Waals surface area (Å²) in [6.45, 7) is 2.57. The second kappa shape index (κ2) is 5.09. The molecule has 0 saturated carbocycles. The average molecular weight is 270 g/mol. The molecule has 0 bridgehead atoms. The Balaban J connectivity index is 2.16. The maximum absolute atomic E-state index is 12.0. The summed E-state index contributed by atoms with van der Waals surface area (Å²) in [6.07, 6.45) is 1.69. The molecule has 0 radical (unpaired) electrons. The number of halogens is 1. The van der Waals surface area contributed by atoms with Crippen molar-refractivity contribution in [2.24, 2.45) is 0 Å². The number of aromatic nitrogens is 4. The van der Waals surface area contributed by atoms with E-state index in [0.717, 1.165) is 0 Å². The topological polar surface area (TPSA) is 84.8 Å². The number of nitrogens with one attached hydrogen (secondary N) is 2. The molecule has 18 heavy (non-hydrogen) atoms. The van der Waals surface area contributed by atoms with Gasteiger partial charge in [0.15, 0.2) is 0 Å². The number of anilines is 1. The normalized spacial score (nSPS) is 10.4. The fourth-order valence-corrected chi connectivity index (χ4v) is 1.71. The van der Waals surface area contributed by atoms with Gasteiger partial charge in [0.1, 0.15) is 5.69 Å². The van der Waals surface area contributed by atoms with E-state index in [1.807, 2.05) is 6.92 Å². The molecule has 2 rings (SSSR count). The highest BCUT2D eigenvalue weighted by Gasteiger charge is 2.14. The van der Waals surface area contributed by atoms with Crippen LogP contribution < -0.4 is 10.1 Å². The summed E-state index contributed by atoms with van der Waals surface area (Å²) >= 11 is 5.86. The molecule has 0 saturated heterocycles. The standard InChI is InChI=1S/C10H12ClN5O2/c1-3-16-5-6(11)4-7(16)8(17)12-9-13-10(18-2)15-14-9/h4-5H,3H2,1-2H3,(H2,12,13,14,15,17). The molecule has 7 nitrogen and oxygen atoms in total. The number of amides is 1. The van der Waals surface area contributed by atoms with Crippen molar-refractivity contribution in [3.05, 3.63) is 23.0 Å². The predicted molar refractivity (Wildman–Crippen MR) is 66.0 cm³/mol. The van der Waals surface area contributed by atoms with Crippen LogP contribution in [0.5, 0.6) is 6.01 Å². The number of ether oxygens (including phenoxy) is 1. The van der Waals surface area contributed by atoms with E-state index >= 15 is 0 Å². The number of aromatic amines is 1. The molecule has 2 aromatic heterocycles. The number of nitrogens with zero attached hydrogens (tertiary/aromatic N) is 3. The van der Waals surface area contributed by atoms with Gasteiger partial charge < -0.3 is 9.30 Å². The van der Waals surface area contributed by atoms with Gasteiger partial charge in [-0.2, -0.15) is 4.98 Å². The first-order valence-electron chi connectivity index (χ1n) is 5.27. The van der Waals surface area contributed by atoms with E-state index in [4.69, 9.17) is 16.3 Å². The Bertz CT molecular complexity index is 562. The quantitative estimate of drug-likeness (QED) is 0.882. The smallest absolute Gasteiger partial charge is 0.336 e. The number of hydrogen-bond donors (Lipinski definition) is 2. The van der Waals surface area contributed by atoms with Crippen molar-refractivity contribution in [2.75, 3.05) is 12.4 Å². The minimum Gasteiger partial charge on any atom is -0.466 e. The highest BCUT2D eigenvalue weighted by atomic mass is 35.5.